The van der Waals surface area contributed by atoms with Gasteiger partial charge < -0.3 is 4.74 Å². The number of ether oxygens (including phenoxy) is 1. The minimum atomic E-state index is -0.339. The number of carbonyl (C=O) groups excluding carboxylic acids is 1. The van der Waals surface area contributed by atoms with Crippen molar-refractivity contribution in [2.75, 3.05) is 0 Å². The maximum Gasteiger partial charge on any atom is 0.303 e. The van der Waals surface area contributed by atoms with E-state index in [0.717, 1.165) is 16.7 Å². The average molecular weight is 268 g/mol. The van der Waals surface area contributed by atoms with Crippen molar-refractivity contribution in [2.24, 2.45) is 0 Å². The van der Waals surface area contributed by atoms with Crippen molar-refractivity contribution >= 4 is 5.97 Å². The summed E-state index contributed by atoms with van der Waals surface area (Å²) in [5.74, 6) is -0.265. The number of hydrogen-bond donors (Lipinski definition) is 0. The van der Waals surface area contributed by atoms with E-state index in [1.54, 1.807) is 0 Å². The van der Waals surface area contributed by atoms with Crippen molar-refractivity contribution in [2.45, 2.75) is 33.8 Å². The highest BCUT2D eigenvalue weighted by atomic mass is 16.5. The molecule has 0 radical (unpaired) electrons. The van der Waals surface area contributed by atoms with Crippen LogP contribution in [-0.2, 0) is 9.53 Å². The lowest BCUT2D eigenvalue weighted by molar-refractivity contribution is -0.144. The van der Waals surface area contributed by atoms with Gasteiger partial charge in [-0.1, -0.05) is 42.5 Å². The summed E-state index contributed by atoms with van der Waals surface area (Å²) < 4.78 is 5.60. The van der Waals surface area contributed by atoms with Gasteiger partial charge in [-0.05, 0) is 43.0 Å². The highest BCUT2D eigenvalue weighted by Crippen LogP contribution is 2.31. The van der Waals surface area contributed by atoms with E-state index in [-0.39, 0.29) is 12.1 Å². The number of aryl methyl sites for hydroxylation is 2. The van der Waals surface area contributed by atoms with Crippen LogP contribution in [0.15, 0.2) is 42.5 Å². The molecule has 2 rings (SSSR count). The Labute approximate surface area is 120 Å². The van der Waals surface area contributed by atoms with Crippen LogP contribution in [0.5, 0.6) is 0 Å². The lowest BCUT2D eigenvalue weighted by Crippen LogP contribution is -2.13. The van der Waals surface area contributed by atoms with Crippen molar-refractivity contribution < 1.29 is 9.53 Å². The van der Waals surface area contributed by atoms with Crippen LogP contribution in [0.1, 0.15) is 40.8 Å². The van der Waals surface area contributed by atoms with Gasteiger partial charge in [-0.15, -0.1) is 0 Å². The molecule has 1 unspecified atom stereocenters. The van der Waals surface area contributed by atoms with Crippen LogP contribution >= 0.6 is 0 Å². The Balaban J connectivity index is 2.56. The van der Waals surface area contributed by atoms with Gasteiger partial charge in [0.1, 0.15) is 0 Å². The number of hydrogen-bond acceptors (Lipinski definition) is 2. The third-order valence-electron chi connectivity index (χ3n) is 3.68. The van der Waals surface area contributed by atoms with Crippen LogP contribution in [0.3, 0.4) is 0 Å². The molecule has 0 heterocycles. The highest BCUT2D eigenvalue weighted by molar-refractivity contribution is 5.67. The Hall–Kier alpha value is -2.09. The molecule has 0 saturated heterocycles. The van der Waals surface area contributed by atoms with Gasteiger partial charge in [-0.25, -0.2) is 0 Å². The molecule has 0 aliphatic rings. The van der Waals surface area contributed by atoms with E-state index in [1.165, 1.54) is 18.1 Å². The van der Waals surface area contributed by atoms with E-state index in [9.17, 15) is 4.79 Å². The number of carbonyl (C=O) groups is 1. The molecule has 0 saturated carbocycles. The van der Waals surface area contributed by atoms with E-state index in [1.807, 2.05) is 43.3 Å². The van der Waals surface area contributed by atoms with Crippen molar-refractivity contribution in [3.05, 3.63) is 70.3 Å². The molecule has 0 fully saturated rings. The molecule has 0 aliphatic heterocycles. The number of benzene rings is 2. The predicted molar refractivity (Wildman–Crippen MR) is 80.7 cm³/mol. The molecule has 2 aromatic carbocycles. The van der Waals surface area contributed by atoms with Gasteiger partial charge in [0.15, 0.2) is 6.10 Å². The van der Waals surface area contributed by atoms with Crippen LogP contribution < -0.4 is 0 Å². The lowest BCUT2D eigenvalue weighted by Gasteiger charge is -2.22. The lowest BCUT2D eigenvalue weighted by atomic mass is 9.92. The summed E-state index contributed by atoms with van der Waals surface area (Å²) in [6, 6.07) is 14.1. The van der Waals surface area contributed by atoms with Crippen molar-refractivity contribution in [3.8, 4) is 0 Å². The summed E-state index contributed by atoms with van der Waals surface area (Å²) in [5.41, 5.74) is 5.58. The molecule has 0 bridgehead atoms. The molecule has 2 aromatic rings. The van der Waals surface area contributed by atoms with Crippen molar-refractivity contribution in [3.63, 3.8) is 0 Å². The molecule has 2 nitrogen and oxygen atoms in total. The Morgan fingerprint density at radius 2 is 1.50 bits per heavy atom. The minimum Gasteiger partial charge on any atom is -0.453 e. The second-order valence-electron chi connectivity index (χ2n) is 5.14. The first-order chi connectivity index (χ1) is 9.50. The number of esters is 1. The highest BCUT2D eigenvalue weighted by Gasteiger charge is 2.21. The molecular weight excluding hydrogens is 248 g/mol. The molecule has 0 aromatic heterocycles. The minimum absolute atomic E-state index is 0.265. The Morgan fingerprint density at radius 3 is 2.15 bits per heavy atom. The van der Waals surface area contributed by atoms with Gasteiger partial charge in [-0.3, -0.25) is 4.79 Å². The fraction of sp³-hybridized carbons (Fsp3) is 0.278. The van der Waals surface area contributed by atoms with Gasteiger partial charge in [0.05, 0.1) is 0 Å². The summed E-state index contributed by atoms with van der Waals surface area (Å²) in [6.45, 7) is 7.63. The Bertz CT molecular complexity index is 629. The molecule has 20 heavy (non-hydrogen) atoms. The molecule has 0 N–H and O–H groups in total. The standard InChI is InChI=1S/C18H20O2/c1-12-9-7-11-17(14(12)3)18(20-15(4)19)16-10-6-5-8-13(16)2/h5-11,18H,1-4H3. The smallest absolute Gasteiger partial charge is 0.303 e. The van der Waals surface area contributed by atoms with Gasteiger partial charge in [-0.2, -0.15) is 0 Å². The molecular formula is C18H20O2. The molecule has 0 aliphatic carbocycles. The van der Waals surface area contributed by atoms with Crippen LogP contribution in [0.25, 0.3) is 0 Å². The van der Waals surface area contributed by atoms with Crippen molar-refractivity contribution in [1.82, 2.24) is 0 Å². The third kappa shape index (κ3) is 2.90. The Kier molecular flexibility index (Phi) is 4.23. The second-order valence-corrected chi connectivity index (χ2v) is 5.14. The predicted octanol–water partition coefficient (Wildman–Crippen LogP) is 4.26. The number of rotatable bonds is 3. The van der Waals surface area contributed by atoms with Crippen LogP contribution in [0.2, 0.25) is 0 Å². The summed E-state index contributed by atoms with van der Waals surface area (Å²) in [7, 11) is 0. The van der Waals surface area contributed by atoms with Crippen LogP contribution in [0.4, 0.5) is 0 Å². The van der Waals surface area contributed by atoms with Crippen LogP contribution in [0, 0.1) is 20.8 Å². The fourth-order valence-corrected chi connectivity index (χ4v) is 2.40. The summed E-state index contributed by atoms with van der Waals surface area (Å²) >= 11 is 0. The van der Waals surface area contributed by atoms with E-state index >= 15 is 0 Å². The van der Waals surface area contributed by atoms with Gasteiger partial charge >= 0.3 is 5.97 Å². The third-order valence-corrected chi connectivity index (χ3v) is 3.68. The van der Waals surface area contributed by atoms with Gasteiger partial charge in [0, 0.05) is 12.5 Å². The van der Waals surface area contributed by atoms with E-state index in [4.69, 9.17) is 4.74 Å². The summed E-state index contributed by atoms with van der Waals surface area (Å²) in [4.78, 5) is 11.5. The topological polar surface area (TPSA) is 26.3 Å². The van der Waals surface area contributed by atoms with Gasteiger partial charge in [0.2, 0.25) is 0 Å². The zero-order valence-corrected chi connectivity index (χ0v) is 12.4. The zero-order chi connectivity index (χ0) is 14.7. The largest absolute Gasteiger partial charge is 0.453 e. The quantitative estimate of drug-likeness (QED) is 0.777. The molecule has 2 heteroatoms. The maximum atomic E-state index is 11.5. The first-order valence-corrected chi connectivity index (χ1v) is 6.79. The molecule has 0 spiro atoms. The molecule has 104 valence electrons. The summed E-state index contributed by atoms with van der Waals surface area (Å²) in [5, 5.41) is 0. The summed E-state index contributed by atoms with van der Waals surface area (Å²) in [6.07, 6.45) is -0.339. The zero-order valence-electron chi connectivity index (χ0n) is 12.4. The van der Waals surface area contributed by atoms with Crippen LogP contribution in [-0.4, -0.2) is 5.97 Å². The van der Waals surface area contributed by atoms with E-state index in [0.29, 0.717) is 0 Å². The van der Waals surface area contributed by atoms with Crippen molar-refractivity contribution in [1.29, 1.82) is 0 Å². The van der Waals surface area contributed by atoms with Gasteiger partial charge in [0.25, 0.3) is 0 Å². The SMILES string of the molecule is CC(=O)OC(c1ccccc1C)c1cccc(C)c1C. The van der Waals surface area contributed by atoms with E-state index < -0.39 is 0 Å². The maximum absolute atomic E-state index is 11.5. The first-order valence-electron chi connectivity index (χ1n) is 6.79. The average Bonchev–Trinajstić information content (AvgIpc) is 2.40. The normalized spacial score (nSPS) is 12.0. The first kappa shape index (κ1) is 14.3. The molecule has 1 atom stereocenters. The monoisotopic (exact) mass is 268 g/mol. The Morgan fingerprint density at radius 1 is 0.900 bits per heavy atom. The second kappa shape index (κ2) is 5.91. The molecule has 0 amide bonds. The van der Waals surface area contributed by atoms with E-state index in [2.05, 4.69) is 19.9 Å². The fourth-order valence-electron chi connectivity index (χ4n) is 2.40.